The number of carbonyl (C=O) groups is 4. The highest BCUT2D eigenvalue weighted by Crippen LogP contribution is 2.36. The number of aliphatic hydroxyl groups excluding tert-OH is 1. The summed E-state index contributed by atoms with van der Waals surface area (Å²) in [6.07, 6.45) is 0.0263. The van der Waals surface area contributed by atoms with Crippen LogP contribution in [-0.4, -0.2) is 155 Å². The molecule has 0 aliphatic carbocycles. The van der Waals surface area contributed by atoms with Crippen LogP contribution in [0.5, 0.6) is 0 Å². The third-order valence-electron chi connectivity index (χ3n) is 13.9. The molecule has 368 valence electrons. The maximum absolute atomic E-state index is 14.6. The molecule has 3 N–H and O–H groups in total. The lowest BCUT2D eigenvalue weighted by molar-refractivity contribution is -0.148. The highest BCUT2D eigenvalue weighted by atomic mass is 28.4. The topological polar surface area (TPSA) is 159 Å². The van der Waals surface area contributed by atoms with E-state index in [9.17, 15) is 24.3 Å². The zero-order valence-electron chi connectivity index (χ0n) is 42.7. The minimum Gasteiger partial charge on any atom is -0.414 e. The summed E-state index contributed by atoms with van der Waals surface area (Å²) in [5, 5.41) is 17.1. The smallest absolute Gasteiger partial charge is 0.245 e. The summed E-state index contributed by atoms with van der Waals surface area (Å²) in [6.45, 7) is 29.1. The summed E-state index contributed by atoms with van der Waals surface area (Å²) in [5.41, 5.74) is 0.707. The van der Waals surface area contributed by atoms with Crippen molar-refractivity contribution in [3.05, 3.63) is 35.9 Å². The molecular weight excluding hydrogens is 831 g/mol. The average Bonchev–Trinajstić information content (AvgIpc) is 3.72. The lowest BCUT2D eigenvalue weighted by Crippen LogP contribution is -2.60. The van der Waals surface area contributed by atoms with Crippen LogP contribution in [0.4, 0.5) is 0 Å². The van der Waals surface area contributed by atoms with Crippen molar-refractivity contribution < 1.29 is 42.9 Å². The van der Waals surface area contributed by atoms with Gasteiger partial charge in [-0.3, -0.25) is 24.1 Å². The van der Waals surface area contributed by atoms with Gasteiger partial charge in [0.15, 0.2) is 8.32 Å². The van der Waals surface area contributed by atoms with Crippen molar-refractivity contribution in [3.63, 3.8) is 0 Å². The molecule has 0 spiro atoms. The quantitative estimate of drug-likeness (QED) is 0.0678. The Balaban J connectivity index is 2.18. The fourth-order valence-electron chi connectivity index (χ4n) is 8.69. The van der Waals surface area contributed by atoms with Crippen LogP contribution in [0.3, 0.4) is 0 Å². The normalized spacial score (nSPS) is 19.1. The molecule has 1 saturated heterocycles. The molecule has 1 aliphatic heterocycles. The second kappa shape index (κ2) is 26.4. The number of likely N-dealkylation sites (tertiary alicyclic amines) is 1. The van der Waals surface area contributed by atoms with Gasteiger partial charge in [-0.1, -0.05) is 106 Å². The molecule has 10 atom stereocenters. The fraction of sp³-hybridized carbons (Fsp3) is 0.796. The predicted octanol–water partition coefficient (Wildman–Crippen LogP) is 6.28. The minimum absolute atomic E-state index is 0.0142. The van der Waals surface area contributed by atoms with Gasteiger partial charge in [-0.2, -0.15) is 0 Å². The highest BCUT2D eigenvalue weighted by Gasteiger charge is 2.44. The second-order valence-electron chi connectivity index (χ2n) is 20.4. The van der Waals surface area contributed by atoms with Gasteiger partial charge >= 0.3 is 0 Å². The van der Waals surface area contributed by atoms with Crippen molar-refractivity contribution in [2.45, 2.75) is 168 Å². The van der Waals surface area contributed by atoms with Crippen LogP contribution in [0.25, 0.3) is 0 Å². The molecule has 64 heavy (non-hydrogen) atoms. The van der Waals surface area contributed by atoms with E-state index < -0.39 is 56.7 Å². The number of nitrogens with zero attached hydrogens (tertiary/aromatic N) is 3. The van der Waals surface area contributed by atoms with Gasteiger partial charge in [0.05, 0.1) is 74.6 Å². The Morgan fingerprint density at radius 2 is 1.52 bits per heavy atom. The van der Waals surface area contributed by atoms with Crippen LogP contribution < -0.4 is 10.6 Å². The van der Waals surface area contributed by atoms with Gasteiger partial charge in [-0.05, 0) is 68.3 Å². The van der Waals surface area contributed by atoms with Gasteiger partial charge in [-0.25, -0.2) is 0 Å². The molecule has 4 amide bonds. The summed E-state index contributed by atoms with van der Waals surface area (Å²) in [6, 6.07) is 6.50. The number of hydrogen-bond donors (Lipinski definition) is 3. The van der Waals surface area contributed by atoms with Crippen LogP contribution in [0.15, 0.2) is 30.3 Å². The van der Waals surface area contributed by atoms with E-state index in [-0.39, 0.29) is 58.9 Å². The molecule has 1 aliphatic rings. The SMILES string of the molecule is CC[C@H](C)[C@@H]([C@H](CC(=O)N1CCC[C@H]1[C@H](OC)[C@@H](C)C(=O)N[C@H](C)[C@H](O)c1ccccc1)OC)N(C)C(=O)[C@@H](NC(=O)[C@H](C(C)C)N(C)CCOCCO[Si](C)(C)C(C)(C)C)C(C)C. The molecule has 1 aromatic rings. The van der Waals surface area contributed by atoms with Gasteiger partial charge in [-0.15, -0.1) is 0 Å². The van der Waals surface area contributed by atoms with Crippen molar-refractivity contribution >= 4 is 31.9 Å². The van der Waals surface area contributed by atoms with Gasteiger partial charge in [0, 0.05) is 34.4 Å². The second-order valence-corrected chi connectivity index (χ2v) is 25.2. The summed E-state index contributed by atoms with van der Waals surface area (Å²) in [7, 11) is 4.91. The molecule has 1 fully saturated rings. The maximum Gasteiger partial charge on any atom is 0.245 e. The van der Waals surface area contributed by atoms with E-state index in [1.807, 2.05) is 76.9 Å². The first-order chi connectivity index (χ1) is 29.9. The third kappa shape index (κ3) is 15.9. The van der Waals surface area contributed by atoms with E-state index in [2.05, 4.69) is 51.4 Å². The Morgan fingerprint density at radius 1 is 0.891 bits per heavy atom. The van der Waals surface area contributed by atoms with E-state index in [0.29, 0.717) is 44.9 Å². The number of methoxy groups -OCH3 is 2. The van der Waals surface area contributed by atoms with E-state index in [4.69, 9.17) is 18.6 Å². The number of ether oxygens (including phenoxy) is 3. The standard InChI is InChI=1S/C49H89N5O9Si/c1-18-34(6)43(53(13)48(59)41(32(2)3)51-47(58)42(33(4)5)52(12)27-28-62-29-30-63-64(16,17)49(9,10)11)39(60-14)31-40(55)54-26-22-25-38(54)45(61-15)35(7)46(57)50-36(8)44(56)37-23-20-19-21-24-37/h19-21,23-24,32-36,38-39,41-45,56H,18,22,25-31H2,1-17H3,(H,50,57)(H,51,58)/t34-,35+,36+,38-,39-,41-,42-,43-,44-,45+/m0/s1. The van der Waals surface area contributed by atoms with Gasteiger partial charge in [0.1, 0.15) is 6.04 Å². The fourth-order valence-corrected chi connectivity index (χ4v) is 9.71. The van der Waals surface area contributed by atoms with E-state index in [1.165, 1.54) is 0 Å². The van der Waals surface area contributed by atoms with Crippen molar-refractivity contribution in [3.8, 4) is 0 Å². The average molecular weight is 920 g/mol. The van der Waals surface area contributed by atoms with E-state index in [1.54, 1.807) is 44.9 Å². The molecule has 0 saturated carbocycles. The minimum atomic E-state index is -1.86. The van der Waals surface area contributed by atoms with E-state index >= 15 is 0 Å². The molecule has 1 heterocycles. The largest absolute Gasteiger partial charge is 0.414 e. The van der Waals surface area contributed by atoms with Gasteiger partial charge < -0.3 is 44.2 Å². The van der Waals surface area contributed by atoms with E-state index in [0.717, 1.165) is 12.8 Å². The number of nitrogens with one attached hydrogen (secondary N) is 2. The molecule has 0 bridgehead atoms. The lowest BCUT2D eigenvalue weighted by atomic mass is 9.89. The number of carbonyl (C=O) groups excluding carboxylic acids is 4. The number of aliphatic hydroxyl groups is 1. The summed E-state index contributed by atoms with van der Waals surface area (Å²) in [5.74, 6) is -1.81. The molecule has 0 aromatic heterocycles. The summed E-state index contributed by atoms with van der Waals surface area (Å²) in [4.78, 5) is 62.0. The van der Waals surface area contributed by atoms with Gasteiger partial charge in [0.25, 0.3) is 0 Å². The van der Waals surface area contributed by atoms with Crippen LogP contribution in [0, 0.1) is 23.7 Å². The Hall–Kier alpha value is -2.92. The Morgan fingerprint density at radius 3 is 2.05 bits per heavy atom. The number of hydrogen-bond acceptors (Lipinski definition) is 10. The Labute approximate surface area is 388 Å². The van der Waals surface area contributed by atoms with Gasteiger partial charge in [0.2, 0.25) is 23.6 Å². The zero-order valence-corrected chi connectivity index (χ0v) is 43.7. The molecule has 15 heteroatoms. The lowest BCUT2D eigenvalue weighted by Gasteiger charge is -2.41. The van der Waals surface area contributed by atoms with Crippen molar-refractivity contribution in [2.75, 3.05) is 61.2 Å². The van der Waals surface area contributed by atoms with Crippen molar-refractivity contribution in [1.29, 1.82) is 0 Å². The monoisotopic (exact) mass is 920 g/mol. The number of rotatable bonds is 27. The molecular formula is C49H89N5O9Si. The Kier molecular flexibility index (Phi) is 23.6. The number of likely N-dealkylation sites (N-methyl/N-ethyl adjacent to an activating group) is 2. The number of benzene rings is 1. The van der Waals surface area contributed by atoms with Crippen molar-refractivity contribution in [1.82, 2.24) is 25.3 Å². The number of amides is 4. The van der Waals surface area contributed by atoms with Crippen LogP contribution >= 0.6 is 0 Å². The van der Waals surface area contributed by atoms with Crippen molar-refractivity contribution in [2.24, 2.45) is 23.7 Å². The highest BCUT2D eigenvalue weighted by molar-refractivity contribution is 6.74. The third-order valence-corrected chi connectivity index (χ3v) is 18.5. The summed E-state index contributed by atoms with van der Waals surface area (Å²) < 4.78 is 24.2. The zero-order chi connectivity index (χ0) is 48.7. The first-order valence-corrected chi connectivity index (χ1v) is 26.6. The Bertz CT molecular complexity index is 1580. The molecule has 0 radical (unpaired) electrons. The molecule has 14 nitrogen and oxygen atoms in total. The van der Waals surface area contributed by atoms with Crippen LogP contribution in [0.1, 0.15) is 114 Å². The first kappa shape index (κ1) is 57.2. The maximum atomic E-state index is 14.6. The molecule has 2 rings (SSSR count). The molecule has 1 aromatic carbocycles. The summed E-state index contributed by atoms with van der Waals surface area (Å²) >= 11 is 0. The van der Waals surface area contributed by atoms with Crippen LogP contribution in [0.2, 0.25) is 18.1 Å². The predicted molar refractivity (Wildman–Crippen MR) is 257 cm³/mol. The van der Waals surface area contributed by atoms with Crippen LogP contribution in [-0.2, 0) is 37.8 Å². The first-order valence-electron chi connectivity index (χ1n) is 23.7. The molecule has 0 unspecified atom stereocenters.